The molecule has 5 aromatic rings. The zero-order valence-electron chi connectivity index (χ0n) is 18.1. The van der Waals surface area contributed by atoms with Crippen LogP contribution in [0.3, 0.4) is 0 Å². The molecule has 170 valence electrons. The first kappa shape index (κ1) is 21.7. The van der Waals surface area contributed by atoms with Crippen LogP contribution >= 0.6 is 11.6 Å². The lowest BCUT2D eigenvalue weighted by Gasteiger charge is -2.14. The second-order valence-corrected chi connectivity index (χ2v) is 7.92. The molecular formula is C25H17ClFN3O4. The normalized spacial score (nSPS) is 11.2. The maximum Gasteiger partial charge on any atom is 0.333 e. The van der Waals surface area contributed by atoms with Crippen molar-refractivity contribution in [1.82, 2.24) is 14.5 Å². The lowest BCUT2D eigenvalue weighted by atomic mass is 10.0. The van der Waals surface area contributed by atoms with Crippen molar-refractivity contribution in [2.75, 3.05) is 14.2 Å². The molecule has 0 atom stereocenters. The number of methoxy groups -OCH3 is 2. The van der Waals surface area contributed by atoms with E-state index in [1.165, 1.54) is 32.5 Å². The van der Waals surface area contributed by atoms with Gasteiger partial charge in [-0.3, -0.25) is 9.78 Å². The average Bonchev–Trinajstić information content (AvgIpc) is 2.84. The van der Waals surface area contributed by atoms with Crippen LogP contribution in [0.4, 0.5) is 4.39 Å². The third-order valence-corrected chi connectivity index (χ3v) is 5.95. The second-order valence-electron chi connectivity index (χ2n) is 7.52. The number of hydrogen-bond donors (Lipinski definition) is 1. The summed E-state index contributed by atoms with van der Waals surface area (Å²) in [4.78, 5) is 33.5. The molecule has 3 aromatic carbocycles. The van der Waals surface area contributed by atoms with Crippen molar-refractivity contribution in [2.45, 2.75) is 0 Å². The molecule has 0 aliphatic rings. The lowest BCUT2D eigenvalue weighted by molar-refractivity contribution is 0.386. The number of ether oxygens (including phenoxy) is 2. The number of benzene rings is 3. The number of hydrogen-bond acceptors (Lipinski definition) is 5. The van der Waals surface area contributed by atoms with Crippen molar-refractivity contribution >= 4 is 33.3 Å². The van der Waals surface area contributed by atoms with E-state index in [2.05, 4.69) is 9.97 Å². The van der Waals surface area contributed by atoms with E-state index in [0.29, 0.717) is 28.0 Å². The first-order valence-corrected chi connectivity index (χ1v) is 10.5. The van der Waals surface area contributed by atoms with Gasteiger partial charge in [0.1, 0.15) is 5.75 Å². The van der Waals surface area contributed by atoms with Crippen LogP contribution in [0.5, 0.6) is 11.5 Å². The number of fused-ring (bicyclic) bond motifs is 2. The van der Waals surface area contributed by atoms with Crippen LogP contribution in [0.15, 0.2) is 70.5 Å². The highest BCUT2D eigenvalue weighted by Crippen LogP contribution is 2.39. The van der Waals surface area contributed by atoms with E-state index >= 15 is 0 Å². The summed E-state index contributed by atoms with van der Waals surface area (Å²) in [5.74, 6) is -0.306. The monoisotopic (exact) mass is 477 g/mol. The Labute approximate surface area is 197 Å². The Balaban J connectivity index is 1.80. The molecule has 0 aliphatic heterocycles. The smallest absolute Gasteiger partial charge is 0.333 e. The van der Waals surface area contributed by atoms with E-state index in [-0.39, 0.29) is 21.7 Å². The van der Waals surface area contributed by atoms with Crippen molar-refractivity contribution in [1.29, 1.82) is 0 Å². The molecule has 2 aromatic heterocycles. The zero-order valence-corrected chi connectivity index (χ0v) is 18.8. The molecule has 0 fully saturated rings. The minimum absolute atomic E-state index is 0.00563. The van der Waals surface area contributed by atoms with Crippen LogP contribution in [-0.4, -0.2) is 28.8 Å². The lowest BCUT2D eigenvalue weighted by Crippen LogP contribution is -2.33. The molecule has 0 amide bonds. The van der Waals surface area contributed by atoms with Crippen molar-refractivity contribution in [3.8, 4) is 28.3 Å². The predicted octanol–water partition coefficient (Wildman–Crippen LogP) is 4.70. The number of rotatable bonds is 4. The largest absolute Gasteiger partial charge is 0.496 e. The standard InChI is InChI=1S/C25H17ClFN3O4/c1-33-22-9-17-20(7-16(22)15-8-23(34-2)19(27)10-18(15)26)29-25(32)30(24(17)31)21-12-28-11-13-5-3-4-6-14(13)21/h3-12H,1-2H3,(H,29,32). The summed E-state index contributed by atoms with van der Waals surface area (Å²) < 4.78 is 25.7. The van der Waals surface area contributed by atoms with Gasteiger partial charge in [0.05, 0.1) is 42.0 Å². The highest BCUT2D eigenvalue weighted by molar-refractivity contribution is 6.33. The summed E-state index contributed by atoms with van der Waals surface area (Å²) in [7, 11) is 2.79. The average molecular weight is 478 g/mol. The fraction of sp³-hybridized carbons (Fsp3) is 0.0800. The van der Waals surface area contributed by atoms with E-state index in [4.69, 9.17) is 21.1 Å². The summed E-state index contributed by atoms with van der Waals surface area (Å²) in [6.45, 7) is 0. The number of aromatic amines is 1. The van der Waals surface area contributed by atoms with Crippen molar-refractivity contribution in [3.05, 3.63) is 92.6 Å². The van der Waals surface area contributed by atoms with Crippen molar-refractivity contribution in [3.63, 3.8) is 0 Å². The van der Waals surface area contributed by atoms with Crippen LogP contribution in [0.2, 0.25) is 5.02 Å². The van der Waals surface area contributed by atoms with Gasteiger partial charge in [-0.2, -0.15) is 0 Å². The van der Waals surface area contributed by atoms with Crippen LogP contribution in [0.1, 0.15) is 0 Å². The zero-order chi connectivity index (χ0) is 24.0. The number of H-pyrrole nitrogens is 1. The van der Waals surface area contributed by atoms with Crippen molar-refractivity contribution in [2.24, 2.45) is 0 Å². The number of nitrogens with one attached hydrogen (secondary N) is 1. The van der Waals surface area contributed by atoms with E-state index in [9.17, 15) is 14.0 Å². The predicted molar refractivity (Wildman–Crippen MR) is 129 cm³/mol. The Morgan fingerprint density at radius 1 is 0.941 bits per heavy atom. The summed E-state index contributed by atoms with van der Waals surface area (Å²) >= 11 is 6.30. The molecule has 7 nitrogen and oxygen atoms in total. The van der Waals surface area contributed by atoms with Crippen LogP contribution in [0, 0.1) is 5.82 Å². The van der Waals surface area contributed by atoms with Crippen LogP contribution < -0.4 is 20.7 Å². The molecule has 5 rings (SSSR count). The Bertz CT molecular complexity index is 1710. The van der Waals surface area contributed by atoms with Crippen molar-refractivity contribution < 1.29 is 13.9 Å². The molecule has 0 aliphatic carbocycles. The quantitative estimate of drug-likeness (QED) is 0.405. The SMILES string of the molecule is COc1cc(-c2cc3[nH]c(=O)n(-c4cncc5ccccc45)c(=O)c3cc2OC)c(Cl)cc1F. The van der Waals surface area contributed by atoms with Gasteiger partial charge in [0.15, 0.2) is 11.6 Å². The topological polar surface area (TPSA) is 86.2 Å². The van der Waals surface area contributed by atoms with Gasteiger partial charge in [-0.25, -0.2) is 13.8 Å². The Morgan fingerprint density at radius 2 is 1.71 bits per heavy atom. The van der Waals surface area contributed by atoms with E-state index < -0.39 is 17.1 Å². The highest BCUT2D eigenvalue weighted by atomic mass is 35.5. The second kappa shape index (κ2) is 8.31. The third-order valence-electron chi connectivity index (χ3n) is 5.64. The van der Waals surface area contributed by atoms with E-state index in [1.54, 1.807) is 12.3 Å². The third kappa shape index (κ3) is 3.39. The fourth-order valence-electron chi connectivity index (χ4n) is 4.01. The van der Waals surface area contributed by atoms with E-state index in [0.717, 1.165) is 16.0 Å². The molecule has 0 spiro atoms. The summed E-state index contributed by atoms with van der Waals surface area (Å²) in [6, 6.07) is 13.0. The molecule has 2 heterocycles. The number of nitrogens with zero attached hydrogens (tertiary/aromatic N) is 2. The molecule has 0 saturated heterocycles. The van der Waals surface area contributed by atoms with Gasteiger partial charge in [-0.05, 0) is 24.3 Å². The minimum atomic E-state index is -0.630. The number of pyridine rings is 1. The van der Waals surface area contributed by atoms with Gasteiger partial charge in [0, 0.05) is 28.1 Å². The van der Waals surface area contributed by atoms with Crippen LogP contribution in [0.25, 0.3) is 38.5 Å². The Kier molecular flexibility index (Phi) is 5.30. The molecule has 0 saturated carbocycles. The van der Waals surface area contributed by atoms with Gasteiger partial charge in [-0.1, -0.05) is 35.9 Å². The molecule has 1 N–H and O–H groups in total. The molecule has 34 heavy (non-hydrogen) atoms. The van der Waals surface area contributed by atoms with E-state index in [1.807, 2.05) is 24.3 Å². The van der Waals surface area contributed by atoms with Gasteiger partial charge in [0.2, 0.25) is 0 Å². The Morgan fingerprint density at radius 3 is 2.47 bits per heavy atom. The van der Waals surface area contributed by atoms with Crippen LogP contribution in [-0.2, 0) is 0 Å². The molecule has 0 radical (unpaired) electrons. The molecular weight excluding hydrogens is 461 g/mol. The van der Waals surface area contributed by atoms with Gasteiger partial charge >= 0.3 is 5.69 Å². The first-order chi connectivity index (χ1) is 16.4. The summed E-state index contributed by atoms with van der Waals surface area (Å²) in [5.41, 5.74) is 0.342. The maximum atomic E-state index is 14.1. The number of aromatic nitrogens is 3. The molecule has 9 heteroatoms. The maximum absolute atomic E-state index is 14.1. The number of halogens is 2. The van der Waals surface area contributed by atoms with Gasteiger partial charge in [0.25, 0.3) is 5.56 Å². The van der Waals surface area contributed by atoms with Gasteiger partial charge in [-0.15, -0.1) is 0 Å². The fourth-order valence-corrected chi connectivity index (χ4v) is 4.26. The molecule has 0 unspecified atom stereocenters. The summed E-state index contributed by atoms with van der Waals surface area (Å²) in [5, 5.41) is 1.84. The Hall–Kier alpha value is -4.17. The summed E-state index contributed by atoms with van der Waals surface area (Å²) in [6.07, 6.45) is 3.14. The van der Waals surface area contributed by atoms with Gasteiger partial charge < -0.3 is 14.5 Å². The highest BCUT2D eigenvalue weighted by Gasteiger charge is 2.19. The molecule has 0 bridgehead atoms. The minimum Gasteiger partial charge on any atom is -0.496 e. The first-order valence-electron chi connectivity index (χ1n) is 10.2.